The van der Waals surface area contributed by atoms with Crippen molar-refractivity contribution >= 4 is 34.2 Å². The molecule has 6 nitrogen and oxygen atoms in total. The fourth-order valence-electron chi connectivity index (χ4n) is 1.92. The van der Waals surface area contributed by atoms with Crippen molar-refractivity contribution < 1.29 is 20.3 Å². The van der Waals surface area contributed by atoms with Crippen molar-refractivity contribution in [3.05, 3.63) is 53.6 Å². The van der Waals surface area contributed by atoms with E-state index in [1.165, 1.54) is 30.3 Å². The number of aryl methyl sites for hydroxylation is 2. The van der Waals surface area contributed by atoms with Crippen molar-refractivity contribution in [3.8, 4) is 0 Å². The molecule has 0 radical (unpaired) electrons. The number of hydrogen-bond donors (Lipinski definition) is 3. The summed E-state index contributed by atoms with van der Waals surface area (Å²) in [5, 5.41) is 0. The van der Waals surface area contributed by atoms with Crippen LogP contribution < -0.4 is 9.07 Å². The molecular weight excluding hydrogens is 369 g/mol. The molecule has 0 aliphatic heterocycles. The van der Waals surface area contributed by atoms with E-state index in [0.717, 1.165) is 5.56 Å². The van der Waals surface area contributed by atoms with Crippen LogP contribution in [0.25, 0.3) is 0 Å². The van der Waals surface area contributed by atoms with Crippen LogP contribution in [0, 0.1) is 13.8 Å². The SMILES string of the molecule is Cc1ccc(S(=O)(=O)Nc2ccc(C)c([As](=O)(O)O)c2)cc1. The number of benzene rings is 2. The number of hydrogen-bond acceptors (Lipinski definition) is 3. The van der Waals surface area contributed by atoms with Gasteiger partial charge in [-0.15, -0.1) is 0 Å². The van der Waals surface area contributed by atoms with Gasteiger partial charge in [0.2, 0.25) is 0 Å². The number of nitrogens with one attached hydrogen (secondary N) is 1. The minimum atomic E-state index is -5.11. The Kier molecular flexibility index (Phi) is 4.54. The molecule has 0 fully saturated rings. The fourth-order valence-corrected chi connectivity index (χ4v) is 4.73. The molecule has 3 N–H and O–H groups in total. The molecule has 0 aliphatic rings. The molecule has 2 aromatic carbocycles. The molecule has 22 heavy (non-hydrogen) atoms. The van der Waals surface area contributed by atoms with E-state index in [4.69, 9.17) is 0 Å². The average Bonchev–Trinajstić information content (AvgIpc) is 2.40. The van der Waals surface area contributed by atoms with E-state index in [1.807, 2.05) is 6.92 Å². The molecule has 0 saturated carbocycles. The molecule has 0 heterocycles. The van der Waals surface area contributed by atoms with E-state index in [9.17, 15) is 20.3 Å². The number of anilines is 1. The second-order valence-corrected chi connectivity index (χ2v) is 9.94. The van der Waals surface area contributed by atoms with Crippen molar-refractivity contribution in [1.82, 2.24) is 0 Å². The molecule has 0 bridgehead atoms. The zero-order valence-corrected chi connectivity index (χ0v) is 14.7. The van der Waals surface area contributed by atoms with Gasteiger partial charge in [-0.1, -0.05) is 0 Å². The van der Waals surface area contributed by atoms with Crippen LogP contribution >= 0.6 is 0 Å². The summed E-state index contributed by atoms with van der Waals surface area (Å²) in [5.74, 6) is 0. The van der Waals surface area contributed by atoms with Gasteiger partial charge in [0.1, 0.15) is 0 Å². The van der Waals surface area contributed by atoms with Gasteiger partial charge in [0.25, 0.3) is 0 Å². The quantitative estimate of drug-likeness (QED) is 0.671. The number of sulfonamides is 1. The molecule has 118 valence electrons. The molecule has 0 aliphatic carbocycles. The molecule has 0 aromatic heterocycles. The molecule has 0 spiro atoms. The third-order valence-electron chi connectivity index (χ3n) is 3.11. The monoisotopic (exact) mass is 385 g/mol. The molecule has 0 amide bonds. The maximum atomic E-state index is 12.3. The summed E-state index contributed by atoms with van der Waals surface area (Å²) in [5.41, 5.74) is 1.47. The van der Waals surface area contributed by atoms with E-state index in [0.29, 0.717) is 5.56 Å². The molecule has 8 heteroatoms. The molecular formula is C14H16AsNO5S. The molecule has 0 saturated heterocycles. The van der Waals surface area contributed by atoms with Crippen LogP contribution in [0.1, 0.15) is 11.1 Å². The summed E-state index contributed by atoms with van der Waals surface area (Å²) in [6.07, 6.45) is 0. The second kappa shape index (κ2) is 5.93. The first kappa shape index (κ1) is 16.8. The zero-order chi connectivity index (χ0) is 16.5. The summed E-state index contributed by atoms with van der Waals surface area (Å²) < 4.78 is 56.8. The van der Waals surface area contributed by atoms with Crippen molar-refractivity contribution in [3.63, 3.8) is 0 Å². The van der Waals surface area contributed by atoms with Crippen molar-refractivity contribution in [2.75, 3.05) is 4.72 Å². The predicted molar refractivity (Wildman–Crippen MR) is 83.7 cm³/mol. The molecule has 0 unspecified atom stereocenters. The van der Waals surface area contributed by atoms with Gasteiger partial charge in [-0.2, -0.15) is 0 Å². The first-order valence-electron chi connectivity index (χ1n) is 6.36. The summed E-state index contributed by atoms with van der Waals surface area (Å²) in [6, 6.07) is 10.4. The molecule has 2 aromatic rings. The Morgan fingerprint density at radius 3 is 2.14 bits per heavy atom. The normalized spacial score (nSPS) is 12.2. The topological polar surface area (TPSA) is 104 Å². The van der Waals surface area contributed by atoms with E-state index >= 15 is 0 Å². The Labute approximate surface area is 131 Å². The third kappa shape index (κ3) is 3.81. The molecule has 2 rings (SSSR count). The zero-order valence-electron chi connectivity index (χ0n) is 12.0. The van der Waals surface area contributed by atoms with Crippen LogP contribution in [0.2, 0.25) is 0 Å². The van der Waals surface area contributed by atoms with Gasteiger partial charge < -0.3 is 0 Å². The van der Waals surface area contributed by atoms with Crippen LogP contribution in [-0.2, 0) is 13.8 Å². The van der Waals surface area contributed by atoms with Crippen molar-refractivity contribution in [2.24, 2.45) is 0 Å². The maximum absolute atomic E-state index is 12.3. The summed E-state index contributed by atoms with van der Waals surface area (Å²) in [6.45, 7) is 3.41. The van der Waals surface area contributed by atoms with Gasteiger partial charge in [-0.3, -0.25) is 0 Å². The Balaban J connectivity index is 2.38. The fraction of sp³-hybridized carbons (Fsp3) is 0.143. The van der Waals surface area contributed by atoms with E-state index < -0.39 is 24.2 Å². The Bertz CT molecular complexity index is 840. The van der Waals surface area contributed by atoms with E-state index in [1.54, 1.807) is 19.1 Å². The summed E-state index contributed by atoms with van der Waals surface area (Å²) in [4.78, 5) is 0.0850. The summed E-state index contributed by atoms with van der Waals surface area (Å²) >= 11 is -5.11. The van der Waals surface area contributed by atoms with Gasteiger partial charge in [-0.25, -0.2) is 0 Å². The third-order valence-corrected chi connectivity index (χ3v) is 6.83. The van der Waals surface area contributed by atoms with Crippen molar-refractivity contribution in [1.29, 1.82) is 0 Å². The van der Waals surface area contributed by atoms with E-state index in [-0.39, 0.29) is 14.9 Å². The van der Waals surface area contributed by atoms with Gasteiger partial charge in [0.15, 0.2) is 0 Å². The van der Waals surface area contributed by atoms with Crippen LogP contribution in [0.15, 0.2) is 47.4 Å². The van der Waals surface area contributed by atoms with E-state index in [2.05, 4.69) is 4.72 Å². The Hall–Kier alpha value is -1.53. The van der Waals surface area contributed by atoms with Gasteiger partial charge in [-0.05, 0) is 0 Å². The van der Waals surface area contributed by atoms with Crippen LogP contribution in [0.5, 0.6) is 0 Å². The standard InChI is InChI=1S/C14H16AsNO5S/c1-10-3-7-13(8-4-10)22(20,21)16-12-6-5-11(2)14(9-12)15(17,18)19/h3-9,16H,1-2H3,(H2,17,18,19). The van der Waals surface area contributed by atoms with Crippen LogP contribution in [0.3, 0.4) is 0 Å². The average molecular weight is 385 g/mol. The first-order chi connectivity index (χ1) is 10.1. The predicted octanol–water partition coefficient (Wildman–Crippen LogP) is 0.665. The second-order valence-electron chi connectivity index (χ2n) is 4.96. The summed E-state index contributed by atoms with van der Waals surface area (Å²) in [7, 11) is -3.80. The number of rotatable bonds is 4. The van der Waals surface area contributed by atoms with Crippen LogP contribution in [0.4, 0.5) is 5.69 Å². The Morgan fingerprint density at radius 1 is 1.00 bits per heavy atom. The first-order valence-corrected chi connectivity index (χ1v) is 11.2. The van der Waals surface area contributed by atoms with Gasteiger partial charge in [0.05, 0.1) is 0 Å². The van der Waals surface area contributed by atoms with Gasteiger partial charge >= 0.3 is 132 Å². The van der Waals surface area contributed by atoms with Gasteiger partial charge in [0, 0.05) is 0 Å². The molecule has 0 atom stereocenters. The van der Waals surface area contributed by atoms with Crippen molar-refractivity contribution in [2.45, 2.75) is 18.7 Å². The van der Waals surface area contributed by atoms with Crippen LogP contribution in [-0.4, -0.2) is 30.8 Å². The Morgan fingerprint density at radius 2 is 1.59 bits per heavy atom. The minimum absolute atomic E-state index is 0.0850.